The molecule has 4 nitrogen and oxygen atoms in total. The molecule has 0 atom stereocenters. The minimum atomic E-state index is -0.445. The molecule has 0 spiro atoms. The lowest BCUT2D eigenvalue weighted by Gasteiger charge is -2.14. The van der Waals surface area contributed by atoms with Gasteiger partial charge < -0.3 is 14.5 Å². The van der Waals surface area contributed by atoms with Crippen LogP contribution in [0.15, 0.2) is 71.2 Å². The summed E-state index contributed by atoms with van der Waals surface area (Å²) in [5.74, 6) is 0.693. The lowest BCUT2D eigenvalue weighted by Crippen LogP contribution is -2.26. The number of ether oxygens (including phenoxy) is 1. The molecule has 4 rings (SSSR count). The lowest BCUT2D eigenvalue weighted by atomic mass is 9.98. The van der Waals surface area contributed by atoms with Crippen LogP contribution in [0, 0.1) is 0 Å². The van der Waals surface area contributed by atoms with Crippen molar-refractivity contribution >= 4 is 23.8 Å². The van der Waals surface area contributed by atoms with E-state index in [9.17, 15) is 4.79 Å². The van der Waals surface area contributed by atoms with Gasteiger partial charge in [-0.05, 0) is 52.1 Å². The molecule has 1 amide bonds. The molecular formula is C22H18ClNO3. The van der Waals surface area contributed by atoms with E-state index in [1.807, 2.05) is 24.3 Å². The van der Waals surface area contributed by atoms with Gasteiger partial charge in [0.2, 0.25) is 0 Å². The van der Waals surface area contributed by atoms with E-state index in [1.54, 1.807) is 24.3 Å². The van der Waals surface area contributed by atoms with E-state index < -0.39 is 6.09 Å². The van der Waals surface area contributed by atoms with Gasteiger partial charge in [0.15, 0.2) is 5.22 Å². The first kappa shape index (κ1) is 17.4. The van der Waals surface area contributed by atoms with E-state index in [0.29, 0.717) is 24.1 Å². The summed E-state index contributed by atoms with van der Waals surface area (Å²) in [6.45, 7) is 0.645. The SMILES string of the molecule is O=C(NCC=Cc1ccc(Cl)o1)OCC1c2ccccc2-c2ccccc21. The first-order valence-electron chi connectivity index (χ1n) is 8.73. The zero-order valence-corrected chi connectivity index (χ0v) is 15.3. The van der Waals surface area contributed by atoms with Gasteiger partial charge in [0.25, 0.3) is 0 Å². The maximum atomic E-state index is 12.0. The first-order valence-corrected chi connectivity index (χ1v) is 9.11. The Morgan fingerprint density at radius 2 is 1.70 bits per heavy atom. The molecule has 1 N–H and O–H groups in total. The van der Waals surface area contributed by atoms with Crippen molar-refractivity contribution < 1.29 is 13.9 Å². The Hall–Kier alpha value is -2.98. The van der Waals surface area contributed by atoms with Crippen molar-refractivity contribution in [1.82, 2.24) is 5.32 Å². The van der Waals surface area contributed by atoms with Crippen LogP contribution in [-0.2, 0) is 4.74 Å². The topological polar surface area (TPSA) is 51.5 Å². The van der Waals surface area contributed by atoms with Crippen molar-refractivity contribution in [2.75, 3.05) is 13.2 Å². The normalized spacial score (nSPS) is 12.8. The van der Waals surface area contributed by atoms with Gasteiger partial charge in [-0.15, -0.1) is 0 Å². The number of amides is 1. The minimum absolute atomic E-state index is 0.0592. The fourth-order valence-electron chi connectivity index (χ4n) is 3.38. The van der Waals surface area contributed by atoms with Crippen LogP contribution in [0.4, 0.5) is 4.79 Å². The highest BCUT2D eigenvalue weighted by Crippen LogP contribution is 2.44. The molecule has 1 aliphatic carbocycles. The summed E-state index contributed by atoms with van der Waals surface area (Å²) in [5.41, 5.74) is 4.81. The number of carbonyl (C=O) groups excluding carboxylic acids is 1. The van der Waals surface area contributed by atoms with Gasteiger partial charge in [0, 0.05) is 12.5 Å². The summed E-state index contributed by atoms with van der Waals surface area (Å²) in [4.78, 5) is 12.0. The Labute approximate surface area is 162 Å². The Morgan fingerprint density at radius 3 is 2.33 bits per heavy atom. The second-order valence-corrected chi connectivity index (χ2v) is 6.62. The molecular weight excluding hydrogens is 362 g/mol. The molecule has 1 aromatic heterocycles. The van der Waals surface area contributed by atoms with E-state index in [-0.39, 0.29) is 5.92 Å². The largest absolute Gasteiger partial charge is 0.449 e. The van der Waals surface area contributed by atoms with Gasteiger partial charge in [0.1, 0.15) is 12.4 Å². The van der Waals surface area contributed by atoms with E-state index in [4.69, 9.17) is 20.8 Å². The zero-order valence-electron chi connectivity index (χ0n) is 14.5. The summed E-state index contributed by atoms with van der Waals surface area (Å²) >= 11 is 5.71. The van der Waals surface area contributed by atoms with Gasteiger partial charge >= 0.3 is 6.09 Å². The maximum absolute atomic E-state index is 12.0. The molecule has 2 aromatic carbocycles. The van der Waals surface area contributed by atoms with Gasteiger partial charge in [-0.25, -0.2) is 4.79 Å². The number of rotatable bonds is 5. The highest BCUT2D eigenvalue weighted by Gasteiger charge is 2.28. The number of furan rings is 1. The quantitative estimate of drug-likeness (QED) is 0.638. The third-order valence-corrected chi connectivity index (χ3v) is 4.79. The van der Waals surface area contributed by atoms with Gasteiger partial charge in [-0.3, -0.25) is 0 Å². The van der Waals surface area contributed by atoms with E-state index in [2.05, 4.69) is 29.6 Å². The third kappa shape index (κ3) is 3.76. The molecule has 1 aliphatic rings. The van der Waals surface area contributed by atoms with Crippen LogP contribution >= 0.6 is 11.6 Å². The number of hydrogen-bond acceptors (Lipinski definition) is 3. The van der Waals surface area contributed by atoms with Crippen LogP contribution in [0.25, 0.3) is 17.2 Å². The Balaban J connectivity index is 1.34. The number of halogens is 1. The number of nitrogens with one attached hydrogen (secondary N) is 1. The first-order chi connectivity index (χ1) is 13.2. The standard InChI is InChI=1S/C22H18ClNO3/c23-21-12-11-15(27-21)6-5-13-24-22(25)26-14-20-18-9-3-1-7-16(18)17-8-2-4-10-19(17)20/h1-12,20H,13-14H2,(H,24,25). The molecule has 5 heteroatoms. The van der Waals surface area contributed by atoms with Crippen molar-refractivity contribution in [3.63, 3.8) is 0 Å². The van der Waals surface area contributed by atoms with Gasteiger partial charge in [0.05, 0.1) is 0 Å². The average molecular weight is 380 g/mol. The van der Waals surface area contributed by atoms with E-state index >= 15 is 0 Å². The van der Waals surface area contributed by atoms with Crippen molar-refractivity contribution in [1.29, 1.82) is 0 Å². The Kier molecular flexibility index (Phi) is 4.99. The molecule has 27 heavy (non-hydrogen) atoms. The molecule has 3 aromatic rings. The molecule has 136 valence electrons. The number of benzene rings is 2. The van der Waals surface area contributed by atoms with Crippen LogP contribution in [0.3, 0.4) is 0 Å². The third-order valence-electron chi connectivity index (χ3n) is 4.58. The molecule has 0 fully saturated rings. The monoisotopic (exact) mass is 379 g/mol. The Morgan fingerprint density at radius 1 is 1.04 bits per heavy atom. The van der Waals surface area contributed by atoms with Gasteiger partial charge in [-0.2, -0.15) is 0 Å². The molecule has 0 unspecified atom stereocenters. The number of alkyl carbamates (subject to hydrolysis) is 1. The predicted molar refractivity (Wildman–Crippen MR) is 106 cm³/mol. The van der Waals surface area contributed by atoms with Crippen molar-refractivity contribution in [3.05, 3.63) is 88.8 Å². The molecule has 0 radical (unpaired) electrons. The van der Waals surface area contributed by atoms with Gasteiger partial charge in [-0.1, -0.05) is 54.6 Å². The highest BCUT2D eigenvalue weighted by molar-refractivity contribution is 6.28. The summed E-state index contributed by atoms with van der Waals surface area (Å²) in [5, 5.41) is 3.04. The lowest BCUT2D eigenvalue weighted by molar-refractivity contribution is 0.144. The zero-order chi connectivity index (χ0) is 18.6. The van der Waals surface area contributed by atoms with E-state index in [1.165, 1.54) is 22.3 Å². The van der Waals surface area contributed by atoms with Crippen molar-refractivity contribution in [3.8, 4) is 11.1 Å². The number of hydrogen-bond donors (Lipinski definition) is 1. The Bertz CT molecular complexity index is 947. The average Bonchev–Trinajstić information content (AvgIpc) is 3.25. The molecule has 0 saturated carbocycles. The van der Waals surface area contributed by atoms with Crippen LogP contribution in [0.1, 0.15) is 22.8 Å². The molecule has 0 aliphatic heterocycles. The highest BCUT2D eigenvalue weighted by atomic mass is 35.5. The van der Waals surface area contributed by atoms with Crippen LogP contribution in [0.2, 0.25) is 5.22 Å². The summed E-state index contributed by atoms with van der Waals surface area (Å²) < 4.78 is 10.7. The summed E-state index contributed by atoms with van der Waals surface area (Å²) in [6, 6.07) is 19.9. The number of carbonyl (C=O) groups is 1. The van der Waals surface area contributed by atoms with Crippen molar-refractivity contribution in [2.24, 2.45) is 0 Å². The summed E-state index contributed by atoms with van der Waals surface area (Å²) in [7, 11) is 0. The molecule has 0 saturated heterocycles. The second kappa shape index (κ2) is 7.72. The van der Waals surface area contributed by atoms with E-state index in [0.717, 1.165) is 0 Å². The van der Waals surface area contributed by atoms with Crippen LogP contribution < -0.4 is 5.32 Å². The smallest absolute Gasteiger partial charge is 0.407 e. The molecule has 1 heterocycles. The number of fused-ring (bicyclic) bond motifs is 3. The molecule has 0 bridgehead atoms. The maximum Gasteiger partial charge on any atom is 0.407 e. The fraction of sp³-hybridized carbons (Fsp3) is 0.136. The van der Waals surface area contributed by atoms with Crippen molar-refractivity contribution in [2.45, 2.75) is 5.92 Å². The second-order valence-electron chi connectivity index (χ2n) is 6.25. The fourth-order valence-corrected chi connectivity index (χ4v) is 3.54. The van der Waals surface area contributed by atoms with Crippen LogP contribution in [-0.4, -0.2) is 19.2 Å². The minimum Gasteiger partial charge on any atom is -0.449 e. The predicted octanol–water partition coefficient (Wildman–Crippen LogP) is 5.48. The van der Waals surface area contributed by atoms with Crippen LogP contribution in [0.5, 0.6) is 0 Å². The summed E-state index contributed by atoms with van der Waals surface area (Å²) in [6.07, 6.45) is 3.07.